The van der Waals surface area contributed by atoms with Crippen molar-refractivity contribution in [2.45, 2.75) is 19.1 Å². The van der Waals surface area contributed by atoms with Crippen LogP contribution in [0.25, 0.3) is 0 Å². The number of thioether (sulfide) groups is 1. The van der Waals surface area contributed by atoms with Crippen molar-refractivity contribution < 1.29 is 14.3 Å². The molecule has 1 amide bonds. The molecule has 21 heavy (non-hydrogen) atoms. The van der Waals surface area contributed by atoms with Crippen LogP contribution in [0.2, 0.25) is 0 Å². The molecule has 118 valence electrons. The van der Waals surface area contributed by atoms with E-state index in [-0.39, 0.29) is 30.5 Å². The first-order valence-corrected chi connectivity index (χ1v) is 7.74. The Hall–Kier alpha value is -1.11. The molecule has 1 aliphatic heterocycles. The van der Waals surface area contributed by atoms with Gasteiger partial charge in [-0.2, -0.15) is 0 Å². The van der Waals surface area contributed by atoms with Crippen LogP contribution in [-0.4, -0.2) is 43.3 Å². The zero-order valence-electron chi connectivity index (χ0n) is 12.1. The fourth-order valence-electron chi connectivity index (χ4n) is 1.91. The van der Waals surface area contributed by atoms with E-state index in [4.69, 9.17) is 9.47 Å². The number of hydrogen-bond donors (Lipinski definition) is 2. The standard InChI is InChI=1S/C14H20N2O3S.ClH/c1-10(7-15-14(17)11-8-20-9-16-11)19-13-6-4-3-5-12(13)18-2;/h3-6,10-11,16H,7-9H2,1-2H3,(H,15,17);1H. The van der Waals surface area contributed by atoms with Gasteiger partial charge in [0.25, 0.3) is 0 Å². The Labute approximate surface area is 135 Å². The van der Waals surface area contributed by atoms with E-state index in [1.165, 1.54) is 0 Å². The van der Waals surface area contributed by atoms with Crippen LogP contribution in [0.1, 0.15) is 6.92 Å². The molecule has 2 unspecified atom stereocenters. The minimum Gasteiger partial charge on any atom is -0.493 e. The molecular formula is C14H21ClN2O3S. The second kappa shape index (κ2) is 9.02. The first-order valence-electron chi connectivity index (χ1n) is 6.59. The maximum Gasteiger partial charge on any atom is 0.238 e. The Morgan fingerprint density at radius 1 is 1.48 bits per heavy atom. The van der Waals surface area contributed by atoms with Crippen molar-refractivity contribution in [2.75, 3.05) is 25.3 Å². The zero-order chi connectivity index (χ0) is 14.4. The van der Waals surface area contributed by atoms with Gasteiger partial charge in [0.2, 0.25) is 5.91 Å². The zero-order valence-corrected chi connectivity index (χ0v) is 13.8. The maximum atomic E-state index is 11.9. The highest BCUT2D eigenvalue weighted by molar-refractivity contribution is 7.99. The fourth-order valence-corrected chi connectivity index (χ4v) is 2.85. The molecule has 2 N–H and O–H groups in total. The van der Waals surface area contributed by atoms with Gasteiger partial charge in [-0.15, -0.1) is 24.2 Å². The average molecular weight is 333 g/mol. The third kappa shape index (κ3) is 5.30. The lowest BCUT2D eigenvalue weighted by Crippen LogP contribution is -2.44. The molecular weight excluding hydrogens is 312 g/mol. The molecule has 1 heterocycles. The summed E-state index contributed by atoms with van der Waals surface area (Å²) in [4.78, 5) is 11.9. The first-order chi connectivity index (χ1) is 9.70. The SMILES string of the molecule is COc1ccccc1OC(C)CNC(=O)C1CSCN1.Cl. The van der Waals surface area contributed by atoms with Gasteiger partial charge in [-0.3, -0.25) is 10.1 Å². The highest BCUT2D eigenvalue weighted by atomic mass is 35.5. The Kier molecular flexibility index (Phi) is 7.71. The van der Waals surface area contributed by atoms with Gasteiger partial charge in [0.1, 0.15) is 6.10 Å². The number of carbonyl (C=O) groups is 1. The van der Waals surface area contributed by atoms with Crippen LogP contribution in [0, 0.1) is 0 Å². The van der Waals surface area contributed by atoms with Crippen molar-refractivity contribution in [2.24, 2.45) is 0 Å². The maximum absolute atomic E-state index is 11.9. The predicted octanol–water partition coefficient (Wildman–Crippen LogP) is 1.66. The van der Waals surface area contributed by atoms with Crippen LogP contribution >= 0.6 is 24.2 Å². The van der Waals surface area contributed by atoms with Gasteiger partial charge >= 0.3 is 0 Å². The molecule has 1 fully saturated rings. The van der Waals surface area contributed by atoms with Crippen LogP contribution in [0.4, 0.5) is 0 Å². The lowest BCUT2D eigenvalue weighted by atomic mass is 10.3. The number of methoxy groups -OCH3 is 1. The van der Waals surface area contributed by atoms with Gasteiger partial charge in [0, 0.05) is 11.6 Å². The quantitative estimate of drug-likeness (QED) is 0.829. The minimum absolute atomic E-state index is 0. The summed E-state index contributed by atoms with van der Waals surface area (Å²) in [6.07, 6.45) is -0.121. The van der Waals surface area contributed by atoms with E-state index in [0.29, 0.717) is 18.0 Å². The highest BCUT2D eigenvalue weighted by Gasteiger charge is 2.22. The van der Waals surface area contributed by atoms with E-state index < -0.39 is 0 Å². The number of para-hydroxylation sites is 2. The summed E-state index contributed by atoms with van der Waals surface area (Å²) in [5, 5.41) is 6.04. The second-order valence-corrected chi connectivity index (χ2v) is 5.63. The molecule has 0 aliphatic carbocycles. The molecule has 1 aromatic rings. The Morgan fingerprint density at radius 2 is 2.19 bits per heavy atom. The number of nitrogens with one attached hydrogen (secondary N) is 2. The summed E-state index contributed by atoms with van der Waals surface area (Å²) >= 11 is 1.73. The summed E-state index contributed by atoms with van der Waals surface area (Å²) in [7, 11) is 1.61. The summed E-state index contributed by atoms with van der Waals surface area (Å²) in [5.74, 6) is 3.08. The molecule has 0 spiro atoms. The molecule has 1 aliphatic rings. The molecule has 5 nitrogen and oxygen atoms in total. The number of carbonyl (C=O) groups excluding carboxylic acids is 1. The number of rotatable bonds is 6. The third-order valence-corrected chi connectivity index (χ3v) is 3.93. The van der Waals surface area contributed by atoms with Crippen molar-refractivity contribution in [1.29, 1.82) is 0 Å². The molecule has 2 rings (SSSR count). The van der Waals surface area contributed by atoms with Crippen molar-refractivity contribution in [3.63, 3.8) is 0 Å². The van der Waals surface area contributed by atoms with E-state index in [1.54, 1.807) is 18.9 Å². The van der Waals surface area contributed by atoms with Crippen molar-refractivity contribution in [3.8, 4) is 11.5 Å². The fraction of sp³-hybridized carbons (Fsp3) is 0.500. The van der Waals surface area contributed by atoms with Crippen molar-refractivity contribution >= 4 is 30.1 Å². The lowest BCUT2D eigenvalue weighted by molar-refractivity contribution is -0.122. The van der Waals surface area contributed by atoms with E-state index in [0.717, 1.165) is 11.6 Å². The number of amides is 1. The molecule has 1 aromatic carbocycles. The van der Waals surface area contributed by atoms with E-state index in [1.807, 2.05) is 31.2 Å². The molecule has 1 saturated heterocycles. The second-order valence-electron chi connectivity index (χ2n) is 4.60. The topological polar surface area (TPSA) is 59.6 Å². The van der Waals surface area contributed by atoms with Crippen LogP contribution in [0.3, 0.4) is 0 Å². The normalized spacial score (nSPS) is 18.5. The van der Waals surface area contributed by atoms with E-state index in [2.05, 4.69) is 10.6 Å². The summed E-state index contributed by atoms with van der Waals surface area (Å²) in [6, 6.07) is 7.40. The summed E-state index contributed by atoms with van der Waals surface area (Å²) in [5.41, 5.74) is 0. The largest absolute Gasteiger partial charge is 0.493 e. The van der Waals surface area contributed by atoms with Gasteiger partial charge in [0.05, 0.1) is 19.7 Å². The molecule has 0 radical (unpaired) electrons. The van der Waals surface area contributed by atoms with Gasteiger partial charge in [-0.25, -0.2) is 0 Å². The Bertz CT molecular complexity index is 456. The number of halogens is 1. The number of hydrogen-bond acceptors (Lipinski definition) is 5. The minimum atomic E-state index is -0.121. The molecule has 7 heteroatoms. The van der Waals surface area contributed by atoms with Crippen LogP contribution < -0.4 is 20.1 Å². The van der Waals surface area contributed by atoms with E-state index in [9.17, 15) is 4.79 Å². The average Bonchev–Trinajstić information content (AvgIpc) is 2.99. The lowest BCUT2D eigenvalue weighted by Gasteiger charge is -2.18. The third-order valence-electron chi connectivity index (χ3n) is 2.99. The Morgan fingerprint density at radius 3 is 2.81 bits per heavy atom. The first kappa shape index (κ1) is 17.9. The van der Waals surface area contributed by atoms with Crippen LogP contribution in [0.15, 0.2) is 24.3 Å². The Balaban J connectivity index is 0.00000220. The number of benzene rings is 1. The van der Waals surface area contributed by atoms with Gasteiger partial charge in [-0.05, 0) is 19.1 Å². The van der Waals surface area contributed by atoms with Crippen molar-refractivity contribution in [3.05, 3.63) is 24.3 Å². The monoisotopic (exact) mass is 332 g/mol. The summed E-state index contributed by atoms with van der Waals surface area (Å²) < 4.78 is 11.0. The van der Waals surface area contributed by atoms with Gasteiger partial charge in [-0.1, -0.05) is 12.1 Å². The smallest absolute Gasteiger partial charge is 0.238 e. The van der Waals surface area contributed by atoms with Gasteiger partial charge in [0.15, 0.2) is 11.5 Å². The van der Waals surface area contributed by atoms with E-state index >= 15 is 0 Å². The molecule has 0 aromatic heterocycles. The van der Waals surface area contributed by atoms with Crippen LogP contribution in [-0.2, 0) is 4.79 Å². The highest BCUT2D eigenvalue weighted by Crippen LogP contribution is 2.26. The molecule has 0 bridgehead atoms. The van der Waals surface area contributed by atoms with Crippen molar-refractivity contribution in [1.82, 2.24) is 10.6 Å². The number of ether oxygens (including phenoxy) is 2. The van der Waals surface area contributed by atoms with Gasteiger partial charge < -0.3 is 14.8 Å². The predicted molar refractivity (Wildman–Crippen MR) is 87.6 cm³/mol. The molecule has 2 atom stereocenters. The molecule has 0 saturated carbocycles. The van der Waals surface area contributed by atoms with Crippen LogP contribution in [0.5, 0.6) is 11.5 Å². The summed E-state index contributed by atoms with van der Waals surface area (Å²) in [6.45, 7) is 2.39.